The number of ether oxygens (including phenoxy) is 1. The first-order chi connectivity index (χ1) is 12.9. The topological polar surface area (TPSA) is 79.7 Å². The average Bonchev–Trinajstić information content (AvgIpc) is 3.25. The number of amides is 1. The van der Waals surface area contributed by atoms with Gasteiger partial charge in [-0.2, -0.15) is 0 Å². The van der Waals surface area contributed by atoms with Crippen LogP contribution in [0.1, 0.15) is 29.6 Å². The molecule has 1 aromatic carbocycles. The van der Waals surface area contributed by atoms with Crippen molar-refractivity contribution in [1.82, 2.24) is 9.88 Å². The smallest absolute Gasteiger partial charge is 0.311 e. The quantitative estimate of drug-likeness (QED) is 0.770. The van der Waals surface area contributed by atoms with Crippen molar-refractivity contribution < 1.29 is 19.4 Å². The number of aromatic nitrogens is 1. The van der Waals surface area contributed by atoms with E-state index in [0.717, 1.165) is 16.3 Å². The molecule has 6 nitrogen and oxygen atoms in total. The fourth-order valence-electron chi connectivity index (χ4n) is 2.94. The maximum absolute atomic E-state index is 12.3. The van der Waals surface area contributed by atoms with Gasteiger partial charge in [0.1, 0.15) is 12.4 Å². The average molecular weight is 386 g/mol. The summed E-state index contributed by atoms with van der Waals surface area (Å²) >= 11 is 1.59. The van der Waals surface area contributed by atoms with Crippen LogP contribution in [0.3, 0.4) is 0 Å². The molecule has 27 heavy (non-hydrogen) atoms. The molecule has 1 atom stereocenters. The van der Waals surface area contributed by atoms with Gasteiger partial charge in [0.2, 0.25) is 5.91 Å². The second kappa shape index (κ2) is 7.92. The molecule has 1 amide bonds. The number of carbonyl (C=O) groups is 2. The molecule has 1 aliphatic heterocycles. The number of hydrogen-bond acceptors (Lipinski definition) is 5. The Morgan fingerprint density at radius 3 is 2.93 bits per heavy atom. The zero-order valence-corrected chi connectivity index (χ0v) is 16.2. The molecule has 142 valence electrons. The van der Waals surface area contributed by atoms with Crippen molar-refractivity contribution in [3.05, 3.63) is 52.0 Å². The number of benzene rings is 1. The number of nitrogens with zero attached hydrogens (tertiary/aromatic N) is 2. The lowest BCUT2D eigenvalue weighted by Crippen LogP contribution is -2.34. The highest BCUT2D eigenvalue weighted by molar-refractivity contribution is 7.09. The Bertz CT molecular complexity index is 876. The summed E-state index contributed by atoms with van der Waals surface area (Å²) in [7, 11) is 0. The van der Waals surface area contributed by atoms with Gasteiger partial charge in [-0.25, -0.2) is 4.98 Å². The molecule has 1 N–H and O–H groups in total. The van der Waals surface area contributed by atoms with E-state index in [0.29, 0.717) is 25.3 Å². The molecular formula is C20H22N2O4S. The second-order valence-corrected chi connectivity index (χ2v) is 7.99. The maximum Gasteiger partial charge on any atom is 0.311 e. The third-order valence-electron chi connectivity index (χ3n) is 4.63. The summed E-state index contributed by atoms with van der Waals surface area (Å²) in [4.78, 5) is 29.6. The molecule has 0 radical (unpaired) electrons. The van der Waals surface area contributed by atoms with Gasteiger partial charge in [-0.1, -0.05) is 12.1 Å². The number of carboxylic acids is 1. The molecule has 0 spiro atoms. The van der Waals surface area contributed by atoms with Gasteiger partial charge >= 0.3 is 5.97 Å². The summed E-state index contributed by atoms with van der Waals surface area (Å²) in [6.45, 7) is 4.73. The Balaban J connectivity index is 1.59. The van der Waals surface area contributed by atoms with Crippen molar-refractivity contribution in [2.75, 3.05) is 13.1 Å². The van der Waals surface area contributed by atoms with Crippen LogP contribution < -0.4 is 4.74 Å². The standard InChI is InChI=1S/C20H22N2O4S/c1-14-21-16(12-27-14)11-26-17-5-3-4-15(10-17)6-7-18(23)22-9-8-20(2,13-22)19(24)25/h3-7,10,12H,8-9,11,13H2,1-2H3,(H,24,25)/b7-6+. The molecule has 3 rings (SSSR count). The van der Waals surface area contributed by atoms with Crippen molar-refractivity contribution >= 4 is 29.3 Å². The molecule has 0 aliphatic carbocycles. The fourth-order valence-corrected chi connectivity index (χ4v) is 3.53. The largest absolute Gasteiger partial charge is 0.487 e. The van der Waals surface area contributed by atoms with E-state index < -0.39 is 11.4 Å². The van der Waals surface area contributed by atoms with E-state index in [9.17, 15) is 14.7 Å². The highest BCUT2D eigenvalue weighted by Gasteiger charge is 2.41. The minimum atomic E-state index is -0.859. The van der Waals surface area contributed by atoms with E-state index in [1.54, 1.807) is 29.2 Å². The monoisotopic (exact) mass is 386 g/mol. The molecule has 1 saturated heterocycles. The van der Waals surface area contributed by atoms with E-state index >= 15 is 0 Å². The van der Waals surface area contributed by atoms with Crippen molar-refractivity contribution in [1.29, 1.82) is 0 Å². The first kappa shape index (κ1) is 19.1. The van der Waals surface area contributed by atoms with E-state index in [1.165, 1.54) is 6.08 Å². The molecule has 0 bridgehead atoms. The minimum Gasteiger partial charge on any atom is -0.487 e. The van der Waals surface area contributed by atoms with Crippen LogP contribution in [0.4, 0.5) is 0 Å². The van der Waals surface area contributed by atoms with Crippen LogP contribution in [0.2, 0.25) is 0 Å². The SMILES string of the molecule is Cc1nc(COc2cccc(/C=C/C(=O)N3CCC(C)(C(=O)O)C3)c2)cs1. The van der Waals surface area contributed by atoms with Gasteiger partial charge in [-0.15, -0.1) is 11.3 Å². The van der Waals surface area contributed by atoms with Crippen molar-refractivity contribution in [2.24, 2.45) is 5.41 Å². The number of likely N-dealkylation sites (tertiary alicyclic amines) is 1. The molecule has 1 fully saturated rings. The van der Waals surface area contributed by atoms with Gasteiger partial charge in [-0.3, -0.25) is 9.59 Å². The van der Waals surface area contributed by atoms with E-state index in [4.69, 9.17) is 4.74 Å². The van der Waals surface area contributed by atoms with E-state index in [1.807, 2.05) is 36.6 Å². The number of carboxylic acid groups (broad SMARTS) is 1. The number of carbonyl (C=O) groups excluding carboxylic acids is 1. The highest BCUT2D eigenvalue weighted by atomic mass is 32.1. The zero-order chi connectivity index (χ0) is 19.4. The van der Waals surface area contributed by atoms with Crippen molar-refractivity contribution in [2.45, 2.75) is 26.9 Å². The van der Waals surface area contributed by atoms with Crippen LogP contribution in [0.5, 0.6) is 5.75 Å². The second-order valence-electron chi connectivity index (χ2n) is 6.93. The molecular weight excluding hydrogens is 364 g/mol. The van der Waals surface area contributed by atoms with Gasteiger partial charge < -0.3 is 14.7 Å². The van der Waals surface area contributed by atoms with Gasteiger partial charge in [0.05, 0.1) is 16.1 Å². The summed E-state index contributed by atoms with van der Waals surface area (Å²) < 4.78 is 5.76. The number of aryl methyl sites for hydroxylation is 1. The summed E-state index contributed by atoms with van der Waals surface area (Å²) in [6, 6.07) is 7.46. The van der Waals surface area contributed by atoms with Crippen LogP contribution in [-0.2, 0) is 16.2 Å². The first-order valence-corrected chi connectivity index (χ1v) is 9.58. The van der Waals surface area contributed by atoms with Gasteiger partial charge in [0.15, 0.2) is 0 Å². The Kier molecular flexibility index (Phi) is 5.60. The predicted molar refractivity (Wildman–Crippen MR) is 104 cm³/mol. The highest BCUT2D eigenvalue weighted by Crippen LogP contribution is 2.30. The lowest BCUT2D eigenvalue weighted by molar-refractivity contribution is -0.147. The Labute approximate surface area is 162 Å². The Hall–Kier alpha value is -2.67. The van der Waals surface area contributed by atoms with E-state index in [2.05, 4.69) is 4.98 Å². The molecule has 2 heterocycles. The zero-order valence-electron chi connectivity index (χ0n) is 15.3. The fraction of sp³-hybridized carbons (Fsp3) is 0.350. The summed E-state index contributed by atoms with van der Waals surface area (Å²) in [5.74, 6) is -0.332. The third kappa shape index (κ3) is 4.74. The summed E-state index contributed by atoms with van der Waals surface area (Å²) in [5.41, 5.74) is 0.880. The number of thiazole rings is 1. The molecule has 1 aliphatic rings. The molecule has 1 unspecified atom stereocenters. The minimum absolute atomic E-state index is 0.177. The van der Waals surface area contributed by atoms with Crippen LogP contribution >= 0.6 is 11.3 Å². The molecule has 2 aromatic rings. The number of rotatable bonds is 6. The van der Waals surface area contributed by atoms with Gasteiger partial charge in [0, 0.05) is 24.5 Å². The normalized spacial score (nSPS) is 19.6. The Morgan fingerprint density at radius 2 is 2.26 bits per heavy atom. The van der Waals surface area contributed by atoms with Crippen LogP contribution in [0.15, 0.2) is 35.7 Å². The number of aliphatic carboxylic acids is 1. The first-order valence-electron chi connectivity index (χ1n) is 8.70. The van der Waals surface area contributed by atoms with Crippen molar-refractivity contribution in [3.63, 3.8) is 0 Å². The van der Waals surface area contributed by atoms with Crippen LogP contribution in [0.25, 0.3) is 6.08 Å². The predicted octanol–water partition coefficient (Wildman–Crippen LogP) is 3.37. The molecule has 0 saturated carbocycles. The summed E-state index contributed by atoms with van der Waals surface area (Å²) in [5, 5.41) is 12.2. The summed E-state index contributed by atoms with van der Waals surface area (Å²) in [6.07, 6.45) is 3.68. The molecule has 7 heteroatoms. The number of hydrogen-bond donors (Lipinski definition) is 1. The van der Waals surface area contributed by atoms with E-state index in [-0.39, 0.29) is 12.5 Å². The lowest BCUT2D eigenvalue weighted by Gasteiger charge is -2.18. The Morgan fingerprint density at radius 1 is 1.44 bits per heavy atom. The van der Waals surface area contributed by atoms with Crippen molar-refractivity contribution in [3.8, 4) is 5.75 Å². The maximum atomic E-state index is 12.3. The lowest BCUT2D eigenvalue weighted by atomic mass is 9.90. The third-order valence-corrected chi connectivity index (χ3v) is 5.45. The van der Waals surface area contributed by atoms with Gasteiger partial charge in [0.25, 0.3) is 0 Å². The van der Waals surface area contributed by atoms with Crippen LogP contribution in [-0.4, -0.2) is 40.0 Å². The van der Waals surface area contributed by atoms with Crippen LogP contribution in [0, 0.1) is 12.3 Å². The van der Waals surface area contributed by atoms with Gasteiger partial charge in [-0.05, 0) is 44.0 Å². The molecule has 1 aromatic heterocycles.